The third-order valence-electron chi connectivity index (χ3n) is 4.24. The summed E-state index contributed by atoms with van der Waals surface area (Å²) < 4.78 is 2.33. The van der Waals surface area contributed by atoms with E-state index in [1.807, 2.05) is 18.2 Å². The van der Waals surface area contributed by atoms with Gasteiger partial charge >= 0.3 is 0 Å². The lowest BCUT2D eigenvalue weighted by atomic mass is 10.1. The Morgan fingerprint density at radius 2 is 1.83 bits per heavy atom. The fourth-order valence-electron chi connectivity index (χ4n) is 2.77. The van der Waals surface area contributed by atoms with E-state index in [1.54, 1.807) is 41.2 Å². The number of amides is 1. The van der Waals surface area contributed by atoms with Crippen molar-refractivity contribution in [3.05, 3.63) is 85.5 Å². The number of carbonyl (C=O) groups is 1. The summed E-state index contributed by atoms with van der Waals surface area (Å²) in [6.45, 7) is 0.468. The van der Waals surface area contributed by atoms with Gasteiger partial charge in [-0.05, 0) is 51.8 Å². The standard InChI is InChI=1S/C20H13BrCl3N5O/c21-14-10-29(9-11-1-6-15(23)16(24)7-11)28-19(14)25-20(30)18-8-17(26-27-18)12-2-4-13(22)5-3-12/h1-8,10H,9H2,(H,26,27)(H,25,28,30). The maximum absolute atomic E-state index is 12.6. The first-order valence-electron chi connectivity index (χ1n) is 8.68. The van der Waals surface area contributed by atoms with Crippen LogP contribution in [0.3, 0.4) is 0 Å². The normalized spacial score (nSPS) is 10.9. The molecule has 0 aliphatic rings. The quantitative estimate of drug-likeness (QED) is 0.321. The fraction of sp³-hybridized carbons (Fsp3) is 0.0500. The molecule has 2 heterocycles. The molecule has 0 aliphatic carbocycles. The van der Waals surface area contributed by atoms with Crippen molar-refractivity contribution in [3.8, 4) is 11.3 Å². The van der Waals surface area contributed by atoms with Crippen LogP contribution in [0.4, 0.5) is 5.82 Å². The van der Waals surface area contributed by atoms with Gasteiger partial charge in [0.1, 0.15) is 5.69 Å². The Labute approximate surface area is 195 Å². The average Bonchev–Trinajstić information content (AvgIpc) is 3.33. The van der Waals surface area contributed by atoms with Gasteiger partial charge in [0, 0.05) is 16.8 Å². The molecule has 30 heavy (non-hydrogen) atoms. The minimum Gasteiger partial charge on any atom is -0.303 e. The van der Waals surface area contributed by atoms with Crippen LogP contribution in [0.2, 0.25) is 15.1 Å². The lowest BCUT2D eigenvalue weighted by Crippen LogP contribution is -2.13. The predicted octanol–water partition coefficient (Wildman–Crippen LogP) is 6.30. The van der Waals surface area contributed by atoms with Gasteiger partial charge in [-0.2, -0.15) is 10.2 Å². The summed E-state index contributed by atoms with van der Waals surface area (Å²) >= 11 is 21.3. The van der Waals surface area contributed by atoms with Gasteiger partial charge in [0.2, 0.25) is 0 Å². The molecule has 0 saturated heterocycles. The molecule has 152 valence electrons. The molecule has 0 bridgehead atoms. The first-order chi connectivity index (χ1) is 14.4. The van der Waals surface area contributed by atoms with Crippen LogP contribution in [0.1, 0.15) is 16.1 Å². The van der Waals surface area contributed by atoms with E-state index in [0.29, 0.717) is 43.3 Å². The number of benzene rings is 2. The highest BCUT2D eigenvalue weighted by Gasteiger charge is 2.15. The Hall–Kier alpha value is -2.32. The van der Waals surface area contributed by atoms with E-state index in [9.17, 15) is 4.79 Å². The second-order valence-electron chi connectivity index (χ2n) is 6.40. The first kappa shape index (κ1) is 20.9. The van der Waals surface area contributed by atoms with Crippen LogP contribution in [0.5, 0.6) is 0 Å². The van der Waals surface area contributed by atoms with E-state index < -0.39 is 0 Å². The molecule has 0 saturated carbocycles. The van der Waals surface area contributed by atoms with Crippen molar-refractivity contribution in [2.75, 3.05) is 5.32 Å². The molecule has 0 radical (unpaired) electrons. The summed E-state index contributed by atoms with van der Waals surface area (Å²) in [6, 6.07) is 14.2. The number of anilines is 1. The minimum atomic E-state index is -0.358. The predicted molar refractivity (Wildman–Crippen MR) is 122 cm³/mol. The number of H-pyrrole nitrogens is 1. The van der Waals surface area contributed by atoms with E-state index in [2.05, 4.69) is 36.5 Å². The highest BCUT2D eigenvalue weighted by Crippen LogP contribution is 2.25. The van der Waals surface area contributed by atoms with Crippen molar-refractivity contribution in [2.24, 2.45) is 0 Å². The van der Waals surface area contributed by atoms with Gasteiger partial charge in [0.05, 0.1) is 26.8 Å². The largest absolute Gasteiger partial charge is 0.303 e. The Balaban J connectivity index is 1.47. The van der Waals surface area contributed by atoms with Crippen LogP contribution in [0.15, 0.2) is 59.2 Å². The fourth-order valence-corrected chi connectivity index (χ4v) is 3.63. The highest BCUT2D eigenvalue weighted by atomic mass is 79.9. The zero-order valence-electron chi connectivity index (χ0n) is 15.2. The van der Waals surface area contributed by atoms with Crippen LogP contribution in [0, 0.1) is 0 Å². The molecule has 0 atom stereocenters. The Morgan fingerprint density at radius 3 is 2.57 bits per heavy atom. The summed E-state index contributed by atoms with van der Waals surface area (Å²) in [7, 11) is 0. The minimum absolute atomic E-state index is 0.311. The summed E-state index contributed by atoms with van der Waals surface area (Å²) in [4.78, 5) is 12.6. The molecule has 10 heteroatoms. The lowest BCUT2D eigenvalue weighted by molar-refractivity contribution is 0.102. The van der Waals surface area contributed by atoms with E-state index in [4.69, 9.17) is 34.8 Å². The van der Waals surface area contributed by atoms with Crippen LogP contribution < -0.4 is 5.32 Å². The molecule has 6 nitrogen and oxygen atoms in total. The van der Waals surface area contributed by atoms with E-state index >= 15 is 0 Å². The molecule has 0 unspecified atom stereocenters. The monoisotopic (exact) mass is 523 g/mol. The van der Waals surface area contributed by atoms with Gasteiger partial charge in [0.15, 0.2) is 5.82 Å². The number of aromatic nitrogens is 4. The van der Waals surface area contributed by atoms with Crippen molar-refractivity contribution in [3.63, 3.8) is 0 Å². The van der Waals surface area contributed by atoms with Crippen molar-refractivity contribution >= 4 is 62.5 Å². The summed E-state index contributed by atoms with van der Waals surface area (Å²) in [5, 5.41) is 15.7. The maximum Gasteiger partial charge on any atom is 0.274 e. The Bertz CT molecular complexity index is 1220. The molecule has 2 aromatic carbocycles. The van der Waals surface area contributed by atoms with Crippen molar-refractivity contribution < 1.29 is 4.79 Å². The number of carbonyl (C=O) groups excluding carboxylic acids is 1. The smallest absolute Gasteiger partial charge is 0.274 e. The van der Waals surface area contributed by atoms with Crippen molar-refractivity contribution in [1.29, 1.82) is 0 Å². The molecule has 4 aromatic rings. The third kappa shape index (κ3) is 4.70. The number of nitrogens with one attached hydrogen (secondary N) is 2. The summed E-state index contributed by atoms with van der Waals surface area (Å²) in [6.07, 6.45) is 1.77. The number of hydrogen-bond donors (Lipinski definition) is 2. The molecule has 0 aliphatic heterocycles. The van der Waals surface area contributed by atoms with Crippen LogP contribution in [0.25, 0.3) is 11.3 Å². The number of aromatic amines is 1. The van der Waals surface area contributed by atoms with Crippen LogP contribution in [-0.2, 0) is 6.54 Å². The molecular weight excluding hydrogens is 513 g/mol. The second kappa shape index (κ2) is 8.81. The van der Waals surface area contributed by atoms with E-state index in [0.717, 1.165) is 11.1 Å². The van der Waals surface area contributed by atoms with E-state index in [1.165, 1.54) is 0 Å². The Morgan fingerprint density at radius 1 is 1.07 bits per heavy atom. The first-order valence-corrected chi connectivity index (χ1v) is 10.6. The lowest BCUT2D eigenvalue weighted by Gasteiger charge is -2.04. The third-order valence-corrected chi connectivity index (χ3v) is 5.81. The number of halogens is 4. The molecule has 4 rings (SSSR count). The van der Waals surface area contributed by atoms with Crippen molar-refractivity contribution in [2.45, 2.75) is 6.54 Å². The van der Waals surface area contributed by atoms with E-state index in [-0.39, 0.29) is 5.91 Å². The number of hydrogen-bond acceptors (Lipinski definition) is 3. The molecule has 2 aromatic heterocycles. The topological polar surface area (TPSA) is 75.6 Å². The second-order valence-corrected chi connectivity index (χ2v) is 8.50. The summed E-state index contributed by atoms with van der Waals surface area (Å²) in [5.41, 5.74) is 2.73. The van der Waals surface area contributed by atoms with Gasteiger partial charge in [-0.15, -0.1) is 0 Å². The maximum atomic E-state index is 12.6. The highest BCUT2D eigenvalue weighted by molar-refractivity contribution is 9.10. The van der Waals surface area contributed by atoms with Crippen molar-refractivity contribution in [1.82, 2.24) is 20.0 Å². The molecular formula is C20H13BrCl3N5O. The van der Waals surface area contributed by atoms with Gasteiger partial charge in [-0.3, -0.25) is 14.6 Å². The number of rotatable bonds is 5. The van der Waals surface area contributed by atoms with Gasteiger partial charge < -0.3 is 5.32 Å². The Kier molecular flexibility index (Phi) is 6.15. The van der Waals surface area contributed by atoms with Crippen LogP contribution >= 0.6 is 50.7 Å². The van der Waals surface area contributed by atoms with Gasteiger partial charge in [-0.1, -0.05) is 53.0 Å². The molecule has 1 amide bonds. The van der Waals surface area contributed by atoms with Gasteiger partial charge in [-0.25, -0.2) is 0 Å². The molecule has 0 spiro atoms. The molecule has 0 fully saturated rings. The zero-order valence-corrected chi connectivity index (χ0v) is 19.0. The molecule has 2 N–H and O–H groups in total. The van der Waals surface area contributed by atoms with Crippen LogP contribution in [-0.4, -0.2) is 25.9 Å². The zero-order chi connectivity index (χ0) is 21.3. The average molecular weight is 526 g/mol. The van der Waals surface area contributed by atoms with Gasteiger partial charge in [0.25, 0.3) is 5.91 Å². The summed E-state index contributed by atoms with van der Waals surface area (Å²) in [5.74, 6) is 0.0332. The SMILES string of the molecule is O=C(Nc1nn(Cc2ccc(Cl)c(Cl)c2)cc1Br)c1cc(-c2ccc(Cl)cc2)n[nH]1. The number of nitrogens with zero attached hydrogens (tertiary/aromatic N) is 3.